The van der Waals surface area contributed by atoms with Crippen molar-refractivity contribution in [3.05, 3.63) is 35.4 Å². The van der Waals surface area contributed by atoms with E-state index in [1.54, 1.807) is 6.07 Å². The van der Waals surface area contributed by atoms with Gasteiger partial charge in [-0.1, -0.05) is 18.2 Å². The van der Waals surface area contributed by atoms with Gasteiger partial charge < -0.3 is 33.2 Å². The summed E-state index contributed by atoms with van der Waals surface area (Å²) in [6.45, 7) is 3.19. The highest BCUT2D eigenvalue weighted by atomic mass is 127. The lowest BCUT2D eigenvalue weighted by atomic mass is 10.1. The summed E-state index contributed by atoms with van der Waals surface area (Å²) < 4.78 is 6.02. The molecule has 0 fully saturated rings. The maximum Gasteiger partial charge on any atom is 0.338 e. The molecule has 0 spiro atoms. The van der Waals surface area contributed by atoms with Gasteiger partial charge in [-0.15, -0.1) is 0 Å². The van der Waals surface area contributed by atoms with Crippen LogP contribution in [0.3, 0.4) is 0 Å². The van der Waals surface area contributed by atoms with Gasteiger partial charge in [0.25, 0.3) is 0 Å². The van der Waals surface area contributed by atoms with Crippen molar-refractivity contribution in [2.24, 2.45) is 0 Å². The fourth-order valence-corrected chi connectivity index (χ4v) is 1.29. The highest BCUT2D eigenvalue weighted by Gasteiger charge is 2.12. The maximum atomic E-state index is 11.7. The first-order chi connectivity index (χ1) is 7.40. The largest absolute Gasteiger partial charge is 1.00 e. The minimum absolute atomic E-state index is 0. The molecular formula is C13H20INO2. The molecule has 1 rings (SSSR count). The Hall–Kier alpha value is -0.620. The van der Waals surface area contributed by atoms with Gasteiger partial charge in [0.05, 0.1) is 26.7 Å². The molecule has 0 saturated carbocycles. The number of hydrogen-bond donors (Lipinski definition) is 0. The van der Waals surface area contributed by atoms with Crippen LogP contribution in [0.1, 0.15) is 15.9 Å². The van der Waals surface area contributed by atoms with Crippen molar-refractivity contribution in [1.29, 1.82) is 0 Å². The monoisotopic (exact) mass is 349 g/mol. The van der Waals surface area contributed by atoms with E-state index in [-0.39, 0.29) is 29.9 Å². The summed E-state index contributed by atoms with van der Waals surface area (Å²) in [7, 11) is 6.21. The van der Waals surface area contributed by atoms with Gasteiger partial charge in [0.2, 0.25) is 0 Å². The molecule has 1 aromatic rings. The molecule has 0 aliphatic rings. The Morgan fingerprint density at radius 2 is 1.82 bits per heavy atom. The third-order valence-corrected chi connectivity index (χ3v) is 2.36. The van der Waals surface area contributed by atoms with Crippen LogP contribution in [0.5, 0.6) is 0 Å². The SMILES string of the molecule is Cc1ccccc1C(=O)OCC[N+](C)(C)C.[I-]. The van der Waals surface area contributed by atoms with E-state index < -0.39 is 0 Å². The van der Waals surface area contributed by atoms with Crippen molar-refractivity contribution in [3.63, 3.8) is 0 Å². The number of likely N-dealkylation sites (N-methyl/N-ethyl adjacent to an activating group) is 1. The molecule has 0 unspecified atom stereocenters. The first-order valence-electron chi connectivity index (χ1n) is 5.43. The zero-order valence-corrected chi connectivity index (χ0v) is 13.0. The molecule has 0 atom stereocenters. The molecule has 4 heteroatoms. The minimum Gasteiger partial charge on any atom is -1.00 e. The Kier molecular flexibility index (Phi) is 6.70. The average molecular weight is 349 g/mol. The van der Waals surface area contributed by atoms with Gasteiger partial charge >= 0.3 is 5.97 Å². The van der Waals surface area contributed by atoms with Crippen LogP contribution in [-0.4, -0.2) is 44.7 Å². The van der Waals surface area contributed by atoms with E-state index >= 15 is 0 Å². The van der Waals surface area contributed by atoms with E-state index in [2.05, 4.69) is 21.1 Å². The van der Waals surface area contributed by atoms with E-state index in [0.29, 0.717) is 12.2 Å². The number of ether oxygens (including phenoxy) is 1. The molecule has 0 heterocycles. The molecule has 0 saturated heterocycles. The first kappa shape index (κ1) is 16.4. The van der Waals surface area contributed by atoms with E-state index in [4.69, 9.17) is 4.74 Å². The summed E-state index contributed by atoms with van der Waals surface area (Å²) in [6.07, 6.45) is 0. The summed E-state index contributed by atoms with van der Waals surface area (Å²) in [4.78, 5) is 11.7. The van der Waals surface area contributed by atoms with Crippen LogP contribution in [0, 0.1) is 6.92 Å². The lowest BCUT2D eigenvalue weighted by Gasteiger charge is -2.23. The zero-order chi connectivity index (χ0) is 12.2. The molecule has 0 bridgehead atoms. The number of quaternary nitrogens is 1. The second-order valence-electron chi connectivity index (χ2n) is 4.96. The number of carbonyl (C=O) groups is 1. The second kappa shape index (κ2) is 6.96. The van der Waals surface area contributed by atoms with Crippen molar-refractivity contribution in [3.8, 4) is 0 Å². The van der Waals surface area contributed by atoms with Gasteiger partial charge in [0.15, 0.2) is 0 Å². The van der Waals surface area contributed by atoms with Gasteiger partial charge in [-0.2, -0.15) is 0 Å². The third kappa shape index (κ3) is 6.02. The molecule has 17 heavy (non-hydrogen) atoms. The van der Waals surface area contributed by atoms with E-state index in [0.717, 1.165) is 16.6 Å². The molecular weight excluding hydrogens is 329 g/mol. The molecule has 3 nitrogen and oxygen atoms in total. The highest BCUT2D eigenvalue weighted by Crippen LogP contribution is 2.08. The standard InChI is InChI=1S/C13H20NO2.HI/c1-11-7-5-6-8-12(11)13(15)16-10-9-14(2,3)4;/h5-8H,9-10H2,1-4H3;1H/q+1;/p-1. The fourth-order valence-electron chi connectivity index (χ4n) is 1.29. The summed E-state index contributed by atoms with van der Waals surface area (Å²) in [5, 5.41) is 0. The molecule has 0 aliphatic carbocycles. The third-order valence-electron chi connectivity index (χ3n) is 2.36. The van der Waals surface area contributed by atoms with Crippen molar-refractivity contribution in [2.45, 2.75) is 6.92 Å². The first-order valence-corrected chi connectivity index (χ1v) is 5.43. The predicted molar refractivity (Wildman–Crippen MR) is 64.4 cm³/mol. The Morgan fingerprint density at radius 3 is 2.35 bits per heavy atom. The Balaban J connectivity index is 0.00000256. The van der Waals surface area contributed by atoms with Crippen LogP contribution in [0.15, 0.2) is 24.3 Å². The molecule has 0 aromatic heterocycles. The van der Waals surface area contributed by atoms with Gasteiger partial charge in [0.1, 0.15) is 13.2 Å². The quantitative estimate of drug-likeness (QED) is 0.390. The number of carbonyl (C=O) groups excluding carboxylic acids is 1. The number of halogens is 1. The van der Waals surface area contributed by atoms with Gasteiger partial charge in [-0.3, -0.25) is 0 Å². The lowest BCUT2D eigenvalue weighted by Crippen LogP contribution is -3.00. The van der Waals surface area contributed by atoms with Crippen molar-refractivity contribution >= 4 is 5.97 Å². The molecule has 0 amide bonds. The van der Waals surface area contributed by atoms with Crippen LogP contribution >= 0.6 is 0 Å². The van der Waals surface area contributed by atoms with Crippen LogP contribution in [0.25, 0.3) is 0 Å². The number of nitrogens with zero attached hydrogens (tertiary/aromatic N) is 1. The van der Waals surface area contributed by atoms with Crippen molar-refractivity contribution in [1.82, 2.24) is 0 Å². The number of esters is 1. The minimum atomic E-state index is -0.230. The highest BCUT2D eigenvalue weighted by molar-refractivity contribution is 5.90. The molecule has 1 aromatic carbocycles. The van der Waals surface area contributed by atoms with E-state index in [1.165, 1.54) is 0 Å². The summed E-state index contributed by atoms with van der Waals surface area (Å²) in [6, 6.07) is 7.47. The Labute approximate surface area is 120 Å². The Morgan fingerprint density at radius 1 is 1.24 bits per heavy atom. The molecule has 0 N–H and O–H groups in total. The average Bonchev–Trinajstić information content (AvgIpc) is 2.16. The predicted octanol–water partition coefficient (Wildman–Crippen LogP) is -1.14. The van der Waals surface area contributed by atoms with E-state index in [9.17, 15) is 4.79 Å². The molecule has 96 valence electrons. The fraction of sp³-hybridized carbons (Fsp3) is 0.462. The maximum absolute atomic E-state index is 11.7. The Bertz CT molecular complexity index is 372. The summed E-state index contributed by atoms with van der Waals surface area (Å²) in [5.74, 6) is -0.230. The van der Waals surface area contributed by atoms with Gasteiger partial charge in [0, 0.05) is 0 Å². The van der Waals surface area contributed by atoms with Gasteiger partial charge in [-0.25, -0.2) is 4.79 Å². The number of rotatable bonds is 4. The zero-order valence-electron chi connectivity index (χ0n) is 10.9. The van der Waals surface area contributed by atoms with Gasteiger partial charge in [-0.05, 0) is 18.6 Å². The molecule has 0 aliphatic heterocycles. The summed E-state index contributed by atoms with van der Waals surface area (Å²) >= 11 is 0. The van der Waals surface area contributed by atoms with E-state index in [1.807, 2.05) is 25.1 Å². The number of benzene rings is 1. The van der Waals surface area contributed by atoms with Crippen LogP contribution in [0.4, 0.5) is 0 Å². The summed E-state index contributed by atoms with van der Waals surface area (Å²) in [5.41, 5.74) is 1.61. The van der Waals surface area contributed by atoms with Crippen LogP contribution in [0.2, 0.25) is 0 Å². The van der Waals surface area contributed by atoms with Crippen molar-refractivity contribution in [2.75, 3.05) is 34.3 Å². The topological polar surface area (TPSA) is 26.3 Å². The van der Waals surface area contributed by atoms with Crippen LogP contribution in [-0.2, 0) is 4.74 Å². The van der Waals surface area contributed by atoms with Crippen molar-refractivity contribution < 1.29 is 38.0 Å². The molecule has 0 radical (unpaired) electrons. The lowest BCUT2D eigenvalue weighted by molar-refractivity contribution is -0.870. The second-order valence-corrected chi connectivity index (χ2v) is 4.96. The number of aryl methyl sites for hydroxylation is 1. The number of hydrogen-bond acceptors (Lipinski definition) is 2. The normalized spacial score (nSPS) is 10.6. The smallest absolute Gasteiger partial charge is 0.338 e. The van der Waals surface area contributed by atoms with Crippen LogP contribution < -0.4 is 24.0 Å².